The van der Waals surface area contributed by atoms with Crippen molar-refractivity contribution in [1.29, 1.82) is 0 Å². The first-order valence-electron chi connectivity index (χ1n) is 12.2. The van der Waals surface area contributed by atoms with E-state index in [-0.39, 0.29) is 24.9 Å². The van der Waals surface area contributed by atoms with E-state index in [4.69, 9.17) is 29.4 Å². The Labute approximate surface area is 212 Å². The van der Waals surface area contributed by atoms with Crippen molar-refractivity contribution >= 4 is 6.09 Å². The van der Waals surface area contributed by atoms with Crippen molar-refractivity contribution in [3.05, 3.63) is 108 Å². The smallest absolute Gasteiger partial charge is 0.404 e. The number of rotatable bonds is 12. The summed E-state index contributed by atoms with van der Waals surface area (Å²) in [6.45, 7) is 1.63. The molecule has 190 valence electrons. The van der Waals surface area contributed by atoms with Gasteiger partial charge in [-0.3, -0.25) is 0 Å². The summed E-state index contributed by atoms with van der Waals surface area (Å²) in [7, 11) is 0. The van der Waals surface area contributed by atoms with E-state index in [9.17, 15) is 4.79 Å². The lowest BCUT2D eigenvalue weighted by molar-refractivity contribution is -0.225. The molecule has 1 fully saturated rings. The summed E-state index contributed by atoms with van der Waals surface area (Å²) in [6.07, 6.45) is -1.83. The fourth-order valence-corrected chi connectivity index (χ4v) is 4.22. The van der Waals surface area contributed by atoms with Gasteiger partial charge in [-0.2, -0.15) is 0 Å². The van der Waals surface area contributed by atoms with E-state index in [0.717, 1.165) is 16.7 Å². The van der Waals surface area contributed by atoms with Crippen molar-refractivity contribution in [2.24, 2.45) is 5.73 Å². The largest absolute Gasteiger partial charge is 0.447 e. The van der Waals surface area contributed by atoms with Crippen LogP contribution < -0.4 is 5.73 Å². The van der Waals surface area contributed by atoms with E-state index in [2.05, 4.69) is 0 Å². The van der Waals surface area contributed by atoms with Crippen LogP contribution in [-0.4, -0.2) is 43.7 Å². The van der Waals surface area contributed by atoms with Gasteiger partial charge < -0.3 is 29.4 Å². The molecule has 0 radical (unpaired) electrons. The number of carbonyl (C=O) groups excluding carboxylic acids is 1. The van der Waals surface area contributed by atoms with Gasteiger partial charge in [0.2, 0.25) is 0 Å². The Bertz CT molecular complexity index is 1030. The zero-order chi connectivity index (χ0) is 25.0. The number of amides is 1. The molecule has 7 heteroatoms. The van der Waals surface area contributed by atoms with E-state index in [1.54, 1.807) is 0 Å². The van der Waals surface area contributed by atoms with Crippen LogP contribution in [0, 0.1) is 0 Å². The molecule has 3 aromatic carbocycles. The molecular formula is C29H33NO6. The third kappa shape index (κ3) is 8.17. The Hall–Kier alpha value is -3.23. The summed E-state index contributed by atoms with van der Waals surface area (Å²) in [5.74, 6) is 0. The maximum absolute atomic E-state index is 11.2. The molecule has 1 unspecified atom stereocenters. The van der Waals surface area contributed by atoms with Crippen LogP contribution >= 0.6 is 0 Å². The molecule has 0 spiro atoms. The second-order valence-electron chi connectivity index (χ2n) is 8.76. The van der Waals surface area contributed by atoms with Gasteiger partial charge in [0.05, 0.1) is 38.6 Å². The van der Waals surface area contributed by atoms with Crippen LogP contribution in [0.4, 0.5) is 4.79 Å². The van der Waals surface area contributed by atoms with Gasteiger partial charge in [0.15, 0.2) is 0 Å². The first kappa shape index (κ1) is 25.9. The van der Waals surface area contributed by atoms with Crippen LogP contribution in [0.5, 0.6) is 0 Å². The van der Waals surface area contributed by atoms with Gasteiger partial charge in [-0.05, 0) is 16.7 Å². The molecule has 2 N–H and O–H groups in total. The van der Waals surface area contributed by atoms with Gasteiger partial charge in [-0.15, -0.1) is 0 Å². The summed E-state index contributed by atoms with van der Waals surface area (Å²) in [5.41, 5.74) is 8.39. The Balaban J connectivity index is 1.47. The summed E-state index contributed by atoms with van der Waals surface area (Å²) in [4.78, 5) is 11.2. The highest BCUT2D eigenvalue weighted by atomic mass is 16.6. The van der Waals surface area contributed by atoms with Crippen molar-refractivity contribution in [2.75, 3.05) is 13.2 Å². The van der Waals surface area contributed by atoms with E-state index in [0.29, 0.717) is 32.8 Å². The number of hydrogen-bond acceptors (Lipinski definition) is 6. The Kier molecular flexibility index (Phi) is 9.87. The van der Waals surface area contributed by atoms with Crippen LogP contribution in [0.25, 0.3) is 0 Å². The van der Waals surface area contributed by atoms with Crippen LogP contribution in [-0.2, 0) is 43.5 Å². The molecule has 1 aliphatic rings. The molecule has 7 nitrogen and oxygen atoms in total. The Morgan fingerprint density at radius 2 is 1.28 bits per heavy atom. The minimum Gasteiger partial charge on any atom is -0.447 e. The fourth-order valence-electron chi connectivity index (χ4n) is 4.22. The second kappa shape index (κ2) is 13.8. The van der Waals surface area contributed by atoms with Crippen LogP contribution in [0.15, 0.2) is 91.0 Å². The summed E-state index contributed by atoms with van der Waals surface area (Å²) in [5, 5.41) is 0. The lowest BCUT2D eigenvalue weighted by Gasteiger charge is -2.41. The molecule has 4 rings (SSSR count). The van der Waals surface area contributed by atoms with E-state index < -0.39 is 12.2 Å². The molecule has 0 aromatic heterocycles. The van der Waals surface area contributed by atoms with Gasteiger partial charge in [0.25, 0.3) is 0 Å². The van der Waals surface area contributed by atoms with Gasteiger partial charge in [-0.1, -0.05) is 91.0 Å². The van der Waals surface area contributed by atoms with Gasteiger partial charge in [-0.25, -0.2) is 4.79 Å². The summed E-state index contributed by atoms with van der Waals surface area (Å²) >= 11 is 0. The monoisotopic (exact) mass is 491 g/mol. The van der Waals surface area contributed by atoms with Crippen molar-refractivity contribution in [1.82, 2.24) is 0 Å². The topological polar surface area (TPSA) is 89.2 Å². The molecule has 1 amide bonds. The average molecular weight is 492 g/mol. The summed E-state index contributed by atoms with van der Waals surface area (Å²) < 4.78 is 30.2. The molecule has 0 bridgehead atoms. The highest BCUT2D eigenvalue weighted by molar-refractivity contribution is 5.64. The van der Waals surface area contributed by atoms with Crippen LogP contribution in [0.1, 0.15) is 23.1 Å². The molecule has 1 saturated heterocycles. The van der Waals surface area contributed by atoms with Crippen molar-refractivity contribution in [3.63, 3.8) is 0 Å². The van der Waals surface area contributed by atoms with Crippen molar-refractivity contribution < 1.29 is 28.5 Å². The van der Waals surface area contributed by atoms with Crippen LogP contribution in [0.2, 0.25) is 0 Å². The fraction of sp³-hybridized carbons (Fsp3) is 0.345. The van der Waals surface area contributed by atoms with Gasteiger partial charge >= 0.3 is 6.09 Å². The molecule has 1 heterocycles. The Morgan fingerprint density at radius 1 is 0.750 bits per heavy atom. The number of primary amides is 1. The summed E-state index contributed by atoms with van der Waals surface area (Å²) in [6, 6.07) is 29.9. The lowest BCUT2D eigenvalue weighted by Crippen LogP contribution is -2.53. The predicted octanol–water partition coefficient (Wildman–Crippen LogP) is 4.63. The highest BCUT2D eigenvalue weighted by Gasteiger charge is 2.41. The number of hydrogen-bond donors (Lipinski definition) is 1. The maximum atomic E-state index is 11.2. The molecule has 0 saturated carbocycles. The molecule has 3 aromatic rings. The highest BCUT2D eigenvalue weighted by Crippen LogP contribution is 2.28. The molecule has 36 heavy (non-hydrogen) atoms. The van der Waals surface area contributed by atoms with E-state index in [1.807, 2.05) is 91.0 Å². The number of benzene rings is 3. The number of nitrogens with two attached hydrogens (primary N) is 1. The third-order valence-electron chi connectivity index (χ3n) is 5.99. The normalized spacial score (nSPS) is 21.7. The maximum Gasteiger partial charge on any atom is 0.404 e. The molecular weight excluding hydrogens is 458 g/mol. The SMILES string of the molecule is NC(=O)OC[C@@H]1C[C@@H](OCc2ccccc2)[C@H](OCc2ccccc2)C(COCc2ccccc2)O1. The minimum atomic E-state index is -0.834. The van der Waals surface area contributed by atoms with Gasteiger partial charge in [0.1, 0.15) is 18.8 Å². The minimum absolute atomic E-state index is 0.0428. The zero-order valence-electron chi connectivity index (χ0n) is 20.2. The lowest BCUT2D eigenvalue weighted by atomic mass is 9.97. The predicted molar refractivity (Wildman–Crippen MR) is 135 cm³/mol. The van der Waals surface area contributed by atoms with Gasteiger partial charge in [0, 0.05) is 6.42 Å². The van der Waals surface area contributed by atoms with E-state index in [1.165, 1.54) is 0 Å². The number of ether oxygens (including phenoxy) is 5. The molecule has 1 aliphatic heterocycles. The molecule has 4 atom stereocenters. The van der Waals surface area contributed by atoms with Crippen molar-refractivity contribution in [2.45, 2.75) is 50.7 Å². The quantitative estimate of drug-likeness (QED) is 0.398. The Morgan fingerprint density at radius 3 is 1.83 bits per heavy atom. The second-order valence-corrected chi connectivity index (χ2v) is 8.76. The van der Waals surface area contributed by atoms with Crippen LogP contribution in [0.3, 0.4) is 0 Å². The first-order valence-corrected chi connectivity index (χ1v) is 12.2. The standard InChI is InChI=1S/C29H33NO6/c30-29(31)35-20-25-16-26(33-18-23-12-6-2-7-13-23)28(34-19-24-14-8-3-9-15-24)27(36-25)21-32-17-22-10-4-1-5-11-22/h1-15,25-28H,16-21H2,(H2,30,31)/t25-,26+,27?,28-/m0/s1. The van der Waals surface area contributed by atoms with E-state index >= 15 is 0 Å². The third-order valence-corrected chi connectivity index (χ3v) is 5.99. The zero-order valence-corrected chi connectivity index (χ0v) is 20.2. The number of carbonyl (C=O) groups is 1. The molecule has 0 aliphatic carbocycles. The van der Waals surface area contributed by atoms with Crippen molar-refractivity contribution in [3.8, 4) is 0 Å². The first-order chi connectivity index (χ1) is 17.7. The average Bonchev–Trinajstić information content (AvgIpc) is 2.92.